The van der Waals surface area contributed by atoms with Gasteiger partial charge in [-0.3, -0.25) is 29.0 Å². The summed E-state index contributed by atoms with van der Waals surface area (Å²) in [5, 5.41) is 16.6. The number of guanidine groups is 1. The molecule has 0 radical (unpaired) electrons. The standard InChI is InChI=1S/C36H59N7O9/c1-34-12-9-21(50-3)16-20(34)7-8-22-23(34)10-13-35(2)24(22)17-27(52-36(35)11-5-15-51-36)32(49)43-25(6-4-14-40-33(38)39)31(48)41-19-28(44)42-26(30(37)47)18-29(45)46/h20-27H,4-19H2,1-3H3,(H2,37,47)(H,41,48)(H,42,44)(H,43,49)(H,45,46)(H4,38,39,40)/t20-,21-,22+,23-,24-,25-,26-,27+,34-,35-,36+/m0/s1. The molecule has 0 bridgehead atoms. The number of hydrogen-bond acceptors (Lipinski definition) is 9. The Morgan fingerprint density at radius 1 is 0.962 bits per heavy atom. The fourth-order valence-electron chi connectivity index (χ4n) is 10.6. The number of nitrogens with two attached hydrogens (primary N) is 3. The molecule has 5 fully saturated rings. The van der Waals surface area contributed by atoms with Crippen LogP contribution in [-0.4, -0.2) is 97.5 Å². The van der Waals surface area contributed by atoms with Crippen molar-refractivity contribution in [3.63, 3.8) is 0 Å². The first kappa shape index (κ1) is 39.7. The number of hydrogen-bond donors (Lipinski definition) is 7. The highest BCUT2D eigenvalue weighted by Crippen LogP contribution is 2.68. The minimum Gasteiger partial charge on any atom is -0.481 e. The van der Waals surface area contributed by atoms with E-state index in [1.165, 1.54) is 0 Å². The number of amides is 4. The van der Waals surface area contributed by atoms with Crippen molar-refractivity contribution < 1.29 is 43.3 Å². The van der Waals surface area contributed by atoms with Crippen LogP contribution in [0, 0.1) is 34.5 Å². The van der Waals surface area contributed by atoms with Crippen molar-refractivity contribution in [2.75, 3.05) is 26.8 Å². The quantitative estimate of drug-likeness (QED) is 0.0741. The van der Waals surface area contributed by atoms with Gasteiger partial charge in [-0.2, -0.15) is 0 Å². The van der Waals surface area contributed by atoms with Crippen LogP contribution in [0.15, 0.2) is 4.99 Å². The molecule has 2 saturated heterocycles. The van der Waals surface area contributed by atoms with Crippen LogP contribution in [0.4, 0.5) is 0 Å². The summed E-state index contributed by atoms with van der Waals surface area (Å²) in [6, 6.07) is -2.52. The van der Waals surface area contributed by atoms with Gasteiger partial charge in [0.05, 0.1) is 25.7 Å². The highest BCUT2D eigenvalue weighted by atomic mass is 16.7. The molecule has 2 heterocycles. The fourth-order valence-corrected chi connectivity index (χ4v) is 10.6. The van der Waals surface area contributed by atoms with E-state index in [2.05, 4.69) is 34.8 Å². The molecular weight excluding hydrogens is 674 g/mol. The average Bonchev–Trinajstić information content (AvgIpc) is 3.57. The number of carbonyl (C=O) groups excluding carboxylic acids is 4. The summed E-state index contributed by atoms with van der Waals surface area (Å²) in [7, 11) is 1.82. The van der Waals surface area contributed by atoms with Crippen LogP contribution in [0.25, 0.3) is 0 Å². The third-order valence-electron chi connectivity index (χ3n) is 13.3. The van der Waals surface area contributed by atoms with Crippen molar-refractivity contribution in [3.8, 4) is 0 Å². The van der Waals surface area contributed by atoms with Crippen LogP contribution in [0.2, 0.25) is 0 Å². The van der Waals surface area contributed by atoms with E-state index in [1.807, 2.05) is 7.11 Å². The van der Waals surface area contributed by atoms with Gasteiger partial charge < -0.3 is 52.5 Å². The van der Waals surface area contributed by atoms with E-state index in [9.17, 15) is 24.0 Å². The van der Waals surface area contributed by atoms with E-state index >= 15 is 0 Å². The Balaban J connectivity index is 1.31. The van der Waals surface area contributed by atoms with Crippen LogP contribution in [-0.2, 0) is 38.2 Å². The Kier molecular flexibility index (Phi) is 12.4. The molecule has 0 unspecified atom stereocenters. The molecule has 4 amide bonds. The number of nitrogens with one attached hydrogen (secondary N) is 3. The Morgan fingerprint density at radius 3 is 2.38 bits per heavy atom. The Morgan fingerprint density at radius 2 is 1.73 bits per heavy atom. The zero-order chi connectivity index (χ0) is 37.8. The summed E-state index contributed by atoms with van der Waals surface area (Å²) in [5.41, 5.74) is 16.1. The average molecular weight is 734 g/mol. The lowest BCUT2D eigenvalue weighted by molar-refractivity contribution is -0.348. The van der Waals surface area contributed by atoms with Gasteiger partial charge in [-0.15, -0.1) is 0 Å². The van der Waals surface area contributed by atoms with E-state index in [0.717, 1.165) is 51.4 Å². The molecule has 5 aliphatic rings. The third-order valence-corrected chi connectivity index (χ3v) is 13.3. The summed E-state index contributed by atoms with van der Waals surface area (Å²) in [6.45, 7) is 4.98. The largest absolute Gasteiger partial charge is 0.481 e. The van der Waals surface area contributed by atoms with Crippen LogP contribution < -0.4 is 33.2 Å². The molecule has 0 aromatic heterocycles. The van der Waals surface area contributed by atoms with Crippen molar-refractivity contribution in [2.45, 2.75) is 127 Å². The number of rotatable bonds is 14. The molecule has 52 heavy (non-hydrogen) atoms. The number of aliphatic imine (C=N–C) groups is 1. The first-order valence-corrected chi connectivity index (χ1v) is 18.9. The van der Waals surface area contributed by atoms with E-state index in [4.69, 9.17) is 36.5 Å². The van der Waals surface area contributed by atoms with E-state index in [1.54, 1.807) is 0 Å². The second-order valence-electron chi connectivity index (χ2n) is 16.1. The molecule has 2 aliphatic heterocycles. The number of carboxylic acid groups (broad SMARTS) is 1. The highest BCUT2D eigenvalue weighted by molar-refractivity contribution is 5.93. The van der Waals surface area contributed by atoms with Crippen molar-refractivity contribution in [1.29, 1.82) is 0 Å². The minimum atomic E-state index is -1.45. The molecule has 16 heteroatoms. The molecule has 5 rings (SSSR count). The van der Waals surface area contributed by atoms with Crippen LogP contribution in [0.3, 0.4) is 0 Å². The van der Waals surface area contributed by atoms with E-state index < -0.39 is 66.5 Å². The molecule has 292 valence electrons. The smallest absolute Gasteiger partial charge is 0.305 e. The number of ether oxygens (including phenoxy) is 3. The number of fused-ring (bicyclic) bond motifs is 6. The van der Waals surface area contributed by atoms with Gasteiger partial charge >= 0.3 is 5.97 Å². The van der Waals surface area contributed by atoms with Gasteiger partial charge in [0, 0.05) is 25.5 Å². The zero-order valence-corrected chi connectivity index (χ0v) is 30.8. The normalized spacial score (nSPS) is 36.2. The molecule has 0 aromatic carbocycles. The SMILES string of the molecule is CO[C@H]1CC[C@@]2(C)[C@@H](CC[C@@H]3[C@@H]2CC[C@@]2(C)[C@H]3C[C@H](C(=O)N[C@@H](CCCN=C(N)N)C(=O)NCC(=O)N[C@@H](CC(=O)O)C(N)=O)O[C@]23CCCO3)C1. The second-order valence-corrected chi connectivity index (χ2v) is 16.1. The lowest BCUT2D eigenvalue weighted by Gasteiger charge is -2.66. The summed E-state index contributed by atoms with van der Waals surface area (Å²) in [6.07, 6.45) is 8.90. The molecule has 10 N–H and O–H groups in total. The summed E-state index contributed by atoms with van der Waals surface area (Å²) >= 11 is 0. The first-order chi connectivity index (χ1) is 24.6. The highest BCUT2D eigenvalue weighted by Gasteiger charge is 2.67. The van der Waals surface area contributed by atoms with Crippen molar-refractivity contribution in [1.82, 2.24) is 16.0 Å². The molecule has 16 nitrogen and oxygen atoms in total. The maximum Gasteiger partial charge on any atom is 0.305 e. The topological polar surface area (TPSA) is 260 Å². The first-order valence-electron chi connectivity index (χ1n) is 18.9. The summed E-state index contributed by atoms with van der Waals surface area (Å²) in [5.74, 6) is -3.49. The lowest BCUT2D eigenvalue weighted by atomic mass is 9.42. The van der Waals surface area contributed by atoms with Gasteiger partial charge in [-0.05, 0) is 99.7 Å². The van der Waals surface area contributed by atoms with E-state index in [-0.39, 0.29) is 35.7 Å². The lowest BCUT2D eigenvalue weighted by Crippen LogP contribution is -2.66. The fraction of sp³-hybridized carbons (Fsp3) is 0.833. The van der Waals surface area contributed by atoms with Gasteiger partial charge in [-0.1, -0.05) is 13.8 Å². The predicted molar refractivity (Wildman–Crippen MR) is 189 cm³/mol. The number of carboxylic acids is 1. The molecule has 0 aromatic rings. The Bertz CT molecular complexity index is 1390. The van der Waals surface area contributed by atoms with Crippen LogP contribution in [0.1, 0.15) is 97.3 Å². The van der Waals surface area contributed by atoms with Crippen LogP contribution >= 0.6 is 0 Å². The van der Waals surface area contributed by atoms with Gasteiger partial charge in [0.2, 0.25) is 23.6 Å². The third kappa shape index (κ3) is 8.18. The van der Waals surface area contributed by atoms with Crippen molar-refractivity contribution >= 4 is 35.6 Å². The van der Waals surface area contributed by atoms with Gasteiger partial charge in [-0.25, -0.2) is 0 Å². The monoisotopic (exact) mass is 733 g/mol. The van der Waals surface area contributed by atoms with E-state index in [0.29, 0.717) is 49.7 Å². The second kappa shape index (κ2) is 16.3. The van der Waals surface area contributed by atoms with Gasteiger partial charge in [0.15, 0.2) is 11.7 Å². The molecule has 11 atom stereocenters. The maximum atomic E-state index is 14.2. The molecule has 3 saturated carbocycles. The predicted octanol–water partition coefficient (Wildman–Crippen LogP) is 0.645. The van der Waals surface area contributed by atoms with Crippen LogP contribution in [0.5, 0.6) is 0 Å². The Hall–Kier alpha value is -3.50. The molecule has 3 aliphatic carbocycles. The number of aliphatic carboxylic acids is 1. The molecule has 1 spiro atoms. The van der Waals surface area contributed by atoms with Crippen molar-refractivity contribution in [3.05, 3.63) is 0 Å². The van der Waals surface area contributed by atoms with Gasteiger partial charge in [0.25, 0.3) is 0 Å². The maximum absolute atomic E-state index is 14.2. The summed E-state index contributed by atoms with van der Waals surface area (Å²) in [4.78, 5) is 66.9. The number of nitrogens with zero attached hydrogens (tertiary/aromatic N) is 1. The molecular formula is C36H59N7O9. The Labute approximate surface area is 305 Å². The van der Waals surface area contributed by atoms with Crippen molar-refractivity contribution in [2.24, 2.45) is 56.7 Å². The summed E-state index contributed by atoms with van der Waals surface area (Å²) < 4.78 is 19.1. The zero-order valence-electron chi connectivity index (χ0n) is 30.8. The number of primary amides is 1. The minimum absolute atomic E-state index is 0.104. The number of carbonyl (C=O) groups is 5. The van der Waals surface area contributed by atoms with Gasteiger partial charge in [0.1, 0.15) is 18.2 Å². The number of methoxy groups -OCH3 is 1.